The number of alkyl halides is 3. The molecule has 2 atom stereocenters. The summed E-state index contributed by atoms with van der Waals surface area (Å²) >= 11 is 0. The molecule has 0 spiro atoms. The lowest BCUT2D eigenvalue weighted by Crippen LogP contribution is -2.24. The number of hydrogen-bond acceptors (Lipinski definition) is 3. The van der Waals surface area contributed by atoms with Crippen LogP contribution in [0.25, 0.3) is 0 Å². The van der Waals surface area contributed by atoms with E-state index in [4.69, 9.17) is 10.5 Å². The molecule has 6 heteroatoms. The Kier molecular flexibility index (Phi) is 5.84. The lowest BCUT2D eigenvalue weighted by atomic mass is 9.89. The van der Waals surface area contributed by atoms with Gasteiger partial charge in [-0.3, -0.25) is 4.90 Å². The number of benzene rings is 2. The summed E-state index contributed by atoms with van der Waals surface area (Å²) in [5.74, 6) is 0.961. The number of ether oxygens (including phenoxy) is 1. The van der Waals surface area contributed by atoms with Gasteiger partial charge in [-0.15, -0.1) is 0 Å². The number of nitrogens with two attached hydrogens (primary N) is 1. The van der Waals surface area contributed by atoms with Gasteiger partial charge in [0.1, 0.15) is 5.75 Å². The van der Waals surface area contributed by atoms with Crippen molar-refractivity contribution in [2.45, 2.75) is 18.6 Å². The van der Waals surface area contributed by atoms with Gasteiger partial charge in [0.2, 0.25) is 0 Å². The van der Waals surface area contributed by atoms with E-state index in [1.807, 2.05) is 30.3 Å². The average Bonchev–Trinajstić information content (AvgIpc) is 3.04. The molecule has 0 bridgehead atoms. The Morgan fingerprint density at radius 2 is 1.69 bits per heavy atom. The molecule has 1 heterocycles. The molecule has 0 saturated carbocycles. The van der Waals surface area contributed by atoms with Gasteiger partial charge in [0.25, 0.3) is 0 Å². The third-order valence-electron chi connectivity index (χ3n) is 4.81. The number of nitrogens with zero attached hydrogens (tertiary/aromatic N) is 1. The minimum atomic E-state index is -4.34. The first-order valence-electron chi connectivity index (χ1n) is 8.71. The van der Waals surface area contributed by atoms with Gasteiger partial charge < -0.3 is 10.5 Å². The Labute approximate surface area is 151 Å². The Balaban J connectivity index is 1.70. The minimum Gasteiger partial charge on any atom is -0.484 e. The fourth-order valence-corrected chi connectivity index (χ4v) is 3.58. The van der Waals surface area contributed by atoms with Crippen LogP contribution < -0.4 is 10.5 Å². The maximum absolute atomic E-state index is 12.5. The van der Waals surface area contributed by atoms with Gasteiger partial charge in [0.05, 0.1) is 0 Å². The summed E-state index contributed by atoms with van der Waals surface area (Å²) in [6, 6.07) is 17.2. The monoisotopic (exact) mass is 364 g/mol. The van der Waals surface area contributed by atoms with Crippen LogP contribution in [0.4, 0.5) is 13.2 Å². The molecule has 2 aromatic rings. The molecule has 1 saturated heterocycles. The zero-order valence-corrected chi connectivity index (χ0v) is 14.5. The van der Waals surface area contributed by atoms with Crippen molar-refractivity contribution < 1.29 is 17.9 Å². The second-order valence-electron chi connectivity index (χ2n) is 6.72. The van der Waals surface area contributed by atoms with Crippen molar-refractivity contribution >= 4 is 0 Å². The molecular formula is C20H23F3N2O. The van der Waals surface area contributed by atoms with Crippen LogP contribution >= 0.6 is 0 Å². The summed E-state index contributed by atoms with van der Waals surface area (Å²) in [6.07, 6.45) is -4.34. The first kappa shape index (κ1) is 18.7. The molecule has 140 valence electrons. The van der Waals surface area contributed by atoms with E-state index in [1.165, 1.54) is 5.56 Å². The van der Waals surface area contributed by atoms with Gasteiger partial charge >= 0.3 is 6.18 Å². The van der Waals surface area contributed by atoms with Crippen LogP contribution in [0.3, 0.4) is 0 Å². The molecule has 2 N–H and O–H groups in total. The number of rotatable bonds is 6. The largest absolute Gasteiger partial charge is 0.484 e. The molecule has 0 aromatic heterocycles. The van der Waals surface area contributed by atoms with Gasteiger partial charge in [0, 0.05) is 31.1 Å². The van der Waals surface area contributed by atoms with Crippen molar-refractivity contribution in [1.29, 1.82) is 0 Å². The zero-order valence-electron chi connectivity index (χ0n) is 14.5. The van der Waals surface area contributed by atoms with E-state index < -0.39 is 12.8 Å². The van der Waals surface area contributed by atoms with Gasteiger partial charge in [0.15, 0.2) is 6.61 Å². The maximum Gasteiger partial charge on any atom is 0.422 e. The summed E-state index contributed by atoms with van der Waals surface area (Å²) in [6.45, 7) is 1.52. The molecule has 0 aliphatic carbocycles. The van der Waals surface area contributed by atoms with Crippen molar-refractivity contribution in [3.05, 3.63) is 65.7 Å². The smallest absolute Gasteiger partial charge is 0.422 e. The van der Waals surface area contributed by atoms with E-state index in [2.05, 4.69) is 17.0 Å². The van der Waals surface area contributed by atoms with E-state index in [0.717, 1.165) is 18.7 Å². The average molecular weight is 364 g/mol. The Morgan fingerprint density at radius 1 is 1.00 bits per heavy atom. The highest BCUT2D eigenvalue weighted by molar-refractivity contribution is 5.33. The molecule has 0 radical (unpaired) electrons. The molecule has 0 amide bonds. The van der Waals surface area contributed by atoms with E-state index in [9.17, 15) is 13.2 Å². The van der Waals surface area contributed by atoms with Gasteiger partial charge in [-0.2, -0.15) is 13.2 Å². The van der Waals surface area contributed by atoms with Crippen molar-refractivity contribution in [3.63, 3.8) is 0 Å². The Bertz CT molecular complexity index is 706. The fourth-order valence-electron chi connectivity index (χ4n) is 3.58. The van der Waals surface area contributed by atoms with Crippen molar-refractivity contribution in [2.75, 3.05) is 26.2 Å². The molecule has 0 unspecified atom stereocenters. The second kappa shape index (κ2) is 8.10. The second-order valence-corrected chi connectivity index (χ2v) is 6.72. The maximum atomic E-state index is 12.5. The minimum absolute atomic E-state index is 0.289. The van der Waals surface area contributed by atoms with Gasteiger partial charge in [-0.1, -0.05) is 48.5 Å². The lowest BCUT2D eigenvalue weighted by Gasteiger charge is -2.19. The standard InChI is InChI=1S/C20H23F3N2O/c21-20(22,23)14-26-19-9-5-4-8-16(19)11-25-12-17(10-24)18(13-25)15-6-2-1-3-7-15/h1-9,17-18H,10-14,24H2/t17-,18+/m1/s1. The van der Waals surface area contributed by atoms with Crippen LogP contribution in [0.2, 0.25) is 0 Å². The fraction of sp³-hybridized carbons (Fsp3) is 0.400. The molecule has 1 fully saturated rings. The topological polar surface area (TPSA) is 38.5 Å². The summed E-state index contributed by atoms with van der Waals surface area (Å²) in [5, 5.41) is 0. The third kappa shape index (κ3) is 4.77. The molecule has 26 heavy (non-hydrogen) atoms. The molecule has 1 aliphatic heterocycles. The summed E-state index contributed by atoms with van der Waals surface area (Å²) in [7, 11) is 0. The van der Waals surface area contributed by atoms with E-state index in [1.54, 1.807) is 12.1 Å². The molecular weight excluding hydrogens is 341 g/mol. The number of halogens is 3. The molecule has 3 rings (SSSR count). The number of para-hydroxylation sites is 1. The predicted octanol–water partition coefficient (Wildman–Crippen LogP) is 3.80. The van der Waals surface area contributed by atoms with Crippen LogP contribution in [0.15, 0.2) is 54.6 Å². The highest BCUT2D eigenvalue weighted by atomic mass is 19.4. The van der Waals surface area contributed by atoms with E-state index >= 15 is 0 Å². The highest BCUT2D eigenvalue weighted by Crippen LogP contribution is 2.34. The van der Waals surface area contributed by atoms with Gasteiger partial charge in [-0.05, 0) is 24.1 Å². The van der Waals surface area contributed by atoms with Crippen molar-refractivity contribution in [3.8, 4) is 5.75 Å². The Hall–Kier alpha value is -2.05. The van der Waals surface area contributed by atoms with Crippen LogP contribution in [0, 0.1) is 5.92 Å². The first-order chi connectivity index (χ1) is 12.5. The summed E-state index contributed by atoms with van der Waals surface area (Å²) in [5.41, 5.74) is 7.99. The molecule has 1 aliphatic rings. The highest BCUT2D eigenvalue weighted by Gasteiger charge is 2.33. The lowest BCUT2D eigenvalue weighted by molar-refractivity contribution is -0.153. The number of hydrogen-bond donors (Lipinski definition) is 1. The van der Waals surface area contributed by atoms with Crippen molar-refractivity contribution in [1.82, 2.24) is 4.90 Å². The zero-order chi connectivity index (χ0) is 18.6. The van der Waals surface area contributed by atoms with Crippen LogP contribution in [-0.2, 0) is 6.54 Å². The normalized spacial score (nSPS) is 21.1. The molecule has 3 nitrogen and oxygen atoms in total. The SMILES string of the molecule is NC[C@@H]1CN(Cc2ccccc2OCC(F)(F)F)C[C@H]1c1ccccc1. The van der Waals surface area contributed by atoms with E-state index in [-0.39, 0.29) is 5.75 Å². The Morgan fingerprint density at radius 3 is 2.38 bits per heavy atom. The third-order valence-corrected chi connectivity index (χ3v) is 4.81. The van der Waals surface area contributed by atoms with E-state index in [0.29, 0.717) is 24.9 Å². The summed E-state index contributed by atoms with van der Waals surface area (Å²) < 4.78 is 42.4. The van der Waals surface area contributed by atoms with Gasteiger partial charge in [-0.25, -0.2) is 0 Å². The molecule has 2 aromatic carbocycles. The predicted molar refractivity (Wildman–Crippen MR) is 95.0 cm³/mol. The first-order valence-corrected chi connectivity index (χ1v) is 8.71. The number of likely N-dealkylation sites (tertiary alicyclic amines) is 1. The van der Waals surface area contributed by atoms with Crippen LogP contribution in [0.5, 0.6) is 5.75 Å². The quantitative estimate of drug-likeness (QED) is 0.847. The van der Waals surface area contributed by atoms with Crippen molar-refractivity contribution in [2.24, 2.45) is 11.7 Å². The van der Waals surface area contributed by atoms with Crippen LogP contribution in [0.1, 0.15) is 17.0 Å². The van der Waals surface area contributed by atoms with Crippen LogP contribution in [-0.4, -0.2) is 37.3 Å². The summed E-state index contributed by atoms with van der Waals surface area (Å²) in [4.78, 5) is 2.24.